The van der Waals surface area contributed by atoms with Crippen molar-refractivity contribution in [3.05, 3.63) is 95.1 Å². The van der Waals surface area contributed by atoms with Crippen molar-refractivity contribution in [3.8, 4) is 5.75 Å². The van der Waals surface area contributed by atoms with Crippen molar-refractivity contribution in [3.63, 3.8) is 0 Å². The first-order valence-electron chi connectivity index (χ1n) is 13.2. The van der Waals surface area contributed by atoms with Crippen LogP contribution in [0.5, 0.6) is 5.75 Å². The Kier molecular flexibility index (Phi) is 6.11. The highest BCUT2D eigenvalue weighted by molar-refractivity contribution is 6.01. The van der Waals surface area contributed by atoms with Gasteiger partial charge in [-0.3, -0.25) is 9.59 Å². The second kappa shape index (κ2) is 9.58. The van der Waals surface area contributed by atoms with Crippen LogP contribution in [0.2, 0.25) is 0 Å². The number of hydrogen-bond acceptors (Lipinski definition) is 4. The quantitative estimate of drug-likeness (QED) is 0.511. The third-order valence-corrected chi connectivity index (χ3v) is 7.98. The fourth-order valence-corrected chi connectivity index (χ4v) is 6.04. The number of fused-ring (bicyclic) bond motifs is 1. The van der Waals surface area contributed by atoms with Gasteiger partial charge >= 0.3 is 0 Å². The van der Waals surface area contributed by atoms with Crippen molar-refractivity contribution in [1.82, 2.24) is 9.80 Å². The van der Waals surface area contributed by atoms with Gasteiger partial charge in [-0.1, -0.05) is 60.2 Å². The summed E-state index contributed by atoms with van der Waals surface area (Å²) >= 11 is 0. The maximum atomic E-state index is 14.4. The second-order valence-corrected chi connectivity index (χ2v) is 10.4. The van der Waals surface area contributed by atoms with Gasteiger partial charge in [0.2, 0.25) is 5.91 Å². The first kappa shape index (κ1) is 23.6. The number of para-hydroxylation sites is 2. The Labute approximate surface area is 218 Å². The Morgan fingerprint density at radius 3 is 2.35 bits per heavy atom. The summed E-state index contributed by atoms with van der Waals surface area (Å²) in [4.78, 5) is 34.4. The number of amides is 2. The molecule has 3 aromatic rings. The molecule has 6 heteroatoms. The number of aryl methyl sites for hydroxylation is 1. The van der Waals surface area contributed by atoms with Crippen LogP contribution in [0.4, 0.5) is 5.69 Å². The van der Waals surface area contributed by atoms with E-state index in [4.69, 9.17) is 4.74 Å². The van der Waals surface area contributed by atoms with E-state index in [1.165, 1.54) is 0 Å². The number of methoxy groups -OCH3 is 1. The summed E-state index contributed by atoms with van der Waals surface area (Å²) in [5.41, 5.74) is 4.76. The van der Waals surface area contributed by atoms with Crippen molar-refractivity contribution in [2.24, 2.45) is 0 Å². The molecule has 37 heavy (non-hydrogen) atoms. The lowest BCUT2D eigenvalue weighted by atomic mass is 9.78. The van der Waals surface area contributed by atoms with Gasteiger partial charge in [-0.25, -0.2) is 0 Å². The molecule has 2 heterocycles. The highest BCUT2D eigenvalue weighted by Gasteiger charge is 2.50. The van der Waals surface area contributed by atoms with Crippen LogP contribution in [0.25, 0.3) is 0 Å². The lowest BCUT2D eigenvalue weighted by Gasteiger charge is -2.45. The molecule has 1 saturated heterocycles. The number of piperazine rings is 1. The van der Waals surface area contributed by atoms with Crippen molar-refractivity contribution < 1.29 is 14.3 Å². The van der Waals surface area contributed by atoms with Gasteiger partial charge in [0.1, 0.15) is 5.75 Å². The summed E-state index contributed by atoms with van der Waals surface area (Å²) in [5.74, 6) is 0.585. The standard InChI is InChI=1S/C31H33N3O3/c1-21-8-7-9-22(20-21)29-28(24-10-3-4-11-25(24)30(35)34(29)23-14-15-23)31(36)33-18-16-32(17-19-33)26-12-5-6-13-27(26)37-2/h3-13,20,23,28-29H,14-19H2,1-2H3/t28-,29-/m1/s1. The van der Waals surface area contributed by atoms with Crippen LogP contribution >= 0.6 is 0 Å². The average molecular weight is 496 g/mol. The van der Waals surface area contributed by atoms with E-state index >= 15 is 0 Å². The van der Waals surface area contributed by atoms with Crippen LogP contribution in [0.1, 0.15) is 51.8 Å². The Morgan fingerprint density at radius 1 is 0.892 bits per heavy atom. The number of nitrogens with zero attached hydrogens (tertiary/aromatic N) is 3. The lowest BCUT2D eigenvalue weighted by Crippen LogP contribution is -2.53. The smallest absolute Gasteiger partial charge is 0.254 e. The molecule has 0 unspecified atom stereocenters. The van der Waals surface area contributed by atoms with E-state index < -0.39 is 5.92 Å². The summed E-state index contributed by atoms with van der Waals surface area (Å²) in [6.45, 7) is 4.81. The molecule has 0 spiro atoms. The van der Waals surface area contributed by atoms with Crippen LogP contribution in [-0.2, 0) is 4.79 Å². The summed E-state index contributed by atoms with van der Waals surface area (Å²) in [6.07, 6.45) is 1.99. The Bertz CT molecular complexity index is 1330. The molecule has 0 radical (unpaired) electrons. The minimum absolute atomic E-state index is 0.0506. The normalized spacial score (nSPS) is 21.6. The molecule has 6 nitrogen and oxygen atoms in total. The number of benzene rings is 3. The number of carbonyl (C=O) groups is 2. The Hall–Kier alpha value is -3.80. The molecule has 3 aromatic carbocycles. The number of hydrogen-bond donors (Lipinski definition) is 0. The molecule has 2 aliphatic heterocycles. The number of rotatable bonds is 5. The fourth-order valence-electron chi connectivity index (χ4n) is 6.04. The predicted molar refractivity (Wildman–Crippen MR) is 144 cm³/mol. The van der Waals surface area contributed by atoms with Crippen molar-refractivity contribution in [2.45, 2.75) is 37.8 Å². The third-order valence-electron chi connectivity index (χ3n) is 7.98. The van der Waals surface area contributed by atoms with Gasteiger partial charge in [-0.05, 0) is 49.1 Å². The number of anilines is 1. The molecule has 6 rings (SSSR count). The summed E-state index contributed by atoms with van der Waals surface area (Å²) < 4.78 is 5.57. The van der Waals surface area contributed by atoms with E-state index in [2.05, 4.69) is 36.1 Å². The zero-order valence-electron chi connectivity index (χ0n) is 21.5. The molecule has 190 valence electrons. The molecule has 0 bridgehead atoms. The summed E-state index contributed by atoms with van der Waals surface area (Å²) in [6, 6.07) is 24.0. The van der Waals surface area contributed by atoms with Crippen LogP contribution < -0.4 is 9.64 Å². The Morgan fingerprint density at radius 2 is 1.62 bits per heavy atom. The predicted octanol–water partition coefficient (Wildman–Crippen LogP) is 4.80. The minimum atomic E-state index is -0.422. The monoisotopic (exact) mass is 495 g/mol. The van der Waals surface area contributed by atoms with Gasteiger partial charge in [-0.2, -0.15) is 0 Å². The van der Waals surface area contributed by atoms with Crippen molar-refractivity contribution in [1.29, 1.82) is 0 Å². The molecule has 1 aliphatic carbocycles. The van der Waals surface area contributed by atoms with E-state index in [1.54, 1.807) is 7.11 Å². The van der Waals surface area contributed by atoms with Gasteiger partial charge in [0, 0.05) is 37.8 Å². The third kappa shape index (κ3) is 4.24. The van der Waals surface area contributed by atoms with Crippen molar-refractivity contribution in [2.75, 3.05) is 38.2 Å². The fraction of sp³-hybridized carbons (Fsp3) is 0.355. The minimum Gasteiger partial charge on any atom is -0.495 e. The van der Waals surface area contributed by atoms with Crippen LogP contribution in [0.3, 0.4) is 0 Å². The molecule has 2 atom stereocenters. The summed E-state index contributed by atoms with van der Waals surface area (Å²) in [5, 5.41) is 0. The maximum absolute atomic E-state index is 14.4. The van der Waals surface area contributed by atoms with Crippen LogP contribution in [0, 0.1) is 6.92 Å². The average Bonchev–Trinajstić information content (AvgIpc) is 3.78. The van der Waals surface area contributed by atoms with Gasteiger partial charge in [0.05, 0.1) is 24.8 Å². The molecule has 1 saturated carbocycles. The van der Waals surface area contributed by atoms with E-state index in [0.717, 1.165) is 54.1 Å². The van der Waals surface area contributed by atoms with Gasteiger partial charge < -0.3 is 19.4 Å². The second-order valence-electron chi connectivity index (χ2n) is 10.4. The lowest BCUT2D eigenvalue weighted by molar-refractivity contribution is -0.135. The zero-order valence-corrected chi connectivity index (χ0v) is 21.5. The molecule has 0 N–H and O–H groups in total. The highest BCUT2D eigenvalue weighted by Crippen LogP contribution is 2.48. The van der Waals surface area contributed by atoms with Gasteiger partial charge in [0.25, 0.3) is 5.91 Å². The summed E-state index contributed by atoms with van der Waals surface area (Å²) in [7, 11) is 1.69. The van der Waals surface area contributed by atoms with E-state index in [0.29, 0.717) is 18.7 Å². The largest absolute Gasteiger partial charge is 0.495 e. The van der Waals surface area contributed by atoms with Gasteiger partial charge in [0.15, 0.2) is 0 Å². The van der Waals surface area contributed by atoms with Crippen molar-refractivity contribution >= 4 is 17.5 Å². The molecular formula is C31H33N3O3. The molecule has 3 aliphatic rings. The van der Waals surface area contributed by atoms with E-state index in [1.807, 2.05) is 58.3 Å². The van der Waals surface area contributed by atoms with Gasteiger partial charge in [-0.15, -0.1) is 0 Å². The Balaban J connectivity index is 1.34. The zero-order chi connectivity index (χ0) is 25.5. The van der Waals surface area contributed by atoms with E-state index in [-0.39, 0.29) is 23.9 Å². The first-order valence-corrected chi connectivity index (χ1v) is 13.2. The highest BCUT2D eigenvalue weighted by atomic mass is 16.5. The van der Waals surface area contributed by atoms with E-state index in [9.17, 15) is 9.59 Å². The SMILES string of the molecule is COc1ccccc1N1CCN(C(=O)[C@@H]2c3ccccc3C(=O)N(C3CC3)[C@@H]2c2cccc(C)c2)CC1. The molecular weight excluding hydrogens is 462 g/mol. The molecule has 2 fully saturated rings. The maximum Gasteiger partial charge on any atom is 0.254 e. The van der Waals surface area contributed by atoms with Crippen LogP contribution in [0.15, 0.2) is 72.8 Å². The molecule has 0 aromatic heterocycles. The topological polar surface area (TPSA) is 53.1 Å². The van der Waals surface area contributed by atoms with Crippen LogP contribution in [-0.4, -0.2) is 60.9 Å². The first-order chi connectivity index (χ1) is 18.1. The number of ether oxygens (including phenoxy) is 1. The number of carbonyl (C=O) groups excluding carboxylic acids is 2. The molecule has 2 amide bonds.